The molecule has 1 heterocycles. The van der Waals surface area contributed by atoms with E-state index in [9.17, 15) is 0 Å². The molecule has 0 saturated carbocycles. The Bertz CT molecular complexity index is 119. The van der Waals surface area contributed by atoms with Gasteiger partial charge in [-0.1, -0.05) is 0 Å². The van der Waals surface area contributed by atoms with E-state index < -0.39 is 0 Å². The molecule has 0 N–H and O–H groups in total. The van der Waals surface area contributed by atoms with Gasteiger partial charge in [-0.05, 0) is 41.0 Å². The zero-order valence-electron chi connectivity index (χ0n) is 11.4. The molecule has 0 amide bonds. The number of hydrogen-bond acceptors (Lipinski definition) is 4. The summed E-state index contributed by atoms with van der Waals surface area (Å²) in [6.07, 6.45) is 2.56. The van der Waals surface area contributed by atoms with Crippen LogP contribution in [-0.2, 0) is 9.47 Å². The summed E-state index contributed by atoms with van der Waals surface area (Å²) >= 11 is 0. The first-order valence-corrected chi connectivity index (χ1v) is 6.08. The number of likely N-dealkylation sites (N-methyl/N-ethyl adjacent to an activating group) is 2. The Morgan fingerprint density at radius 2 is 1.31 bits per heavy atom. The van der Waals surface area contributed by atoms with Crippen LogP contribution in [0.5, 0.6) is 0 Å². The molecule has 0 spiro atoms. The molecule has 0 aromatic rings. The summed E-state index contributed by atoms with van der Waals surface area (Å²) in [5.41, 5.74) is 0. The molecule has 0 radical (unpaired) electrons. The maximum absolute atomic E-state index is 5.37. The van der Waals surface area contributed by atoms with Crippen LogP contribution >= 0.6 is 0 Å². The van der Waals surface area contributed by atoms with E-state index in [1.54, 1.807) is 0 Å². The van der Waals surface area contributed by atoms with Gasteiger partial charge in [-0.3, -0.25) is 0 Å². The first-order chi connectivity index (χ1) is 7.63. The van der Waals surface area contributed by atoms with Crippen LogP contribution in [0.3, 0.4) is 0 Å². The first kappa shape index (κ1) is 15.8. The molecule has 0 bridgehead atoms. The van der Waals surface area contributed by atoms with E-state index in [1.165, 1.54) is 12.8 Å². The van der Waals surface area contributed by atoms with Crippen molar-refractivity contribution in [1.82, 2.24) is 9.80 Å². The second-order valence-electron chi connectivity index (χ2n) is 4.54. The summed E-state index contributed by atoms with van der Waals surface area (Å²) < 4.78 is 10.3. The third-order valence-corrected chi connectivity index (χ3v) is 2.19. The van der Waals surface area contributed by atoms with Crippen molar-refractivity contribution in [2.24, 2.45) is 0 Å². The molecule has 1 aliphatic rings. The molecular formula is C12H28N2O2. The van der Waals surface area contributed by atoms with Gasteiger partial charge >= 0.3 is 0 Å². The average molecular weight is 232 g/mol. The zero-order chi connectivity index (χ0) is 12.2. The molecule has 0 unspecified atom stereocenters. The fourth-order valence-corrected chi connectivity index (χ4v) is 1.11. The van der Waals surface area contributed by atoms with Gasteiger partial charge in [0.15, 0.2) is 0 Å². The Morgan fingerprint density at radius 3 is 1.56 bits per heavy atom. The van der Waals surface area contributed by atoms with Gasteiger partial charge in [0, 0.05) is 26.3 Å². The van der Waals surface area contributed by atoms with Gasteiger partial charge in [-0.25, -0.2) is 0 Å². The van der Waals surface area contributed by atoms with E-state index in [0.717, 1.165) is 39.5 Å². The van der Waals surface area contributed by atoms with E-state index >= 15 is 0 Å². The fraction of sp³-hybridized carbons (Fsp3) is 1.00. The van der Waals surface area contributed by atoms with Crippen LogP contribution in [0.15, 0.2) is 0 Å². The monoisotopic (exact) mass is 232 g/mol. The average Bonchev–Trinajstić information content (AvgIpc) is 2.74. The largest absolute Gasteiger partial charge is 0.381 e. The highest BCUT2D eigenvalue weighted by atomic mass is 16.5. The van der Waals surface area contributed by atoms with E-state index in [2.05, 4.69) is 38.0 Å². The topological polar surface area (TPSA) is 24.9 Å². The fourth-order valence-electron chi connectivity index (χ4n) is 1.11. The van der Waals surface area contributed by atoms with Gasteiger partial charge in [0.05, 0.1) is 13.2 Å². The third-order valence-electron chi connectivity index (χ3n) is 2.19. The number of rotatable bonds is 6. The predicted molar refractivity (Wildman–Crippen MR) is 68.0 cm³/mol. The van der Waals surface area contributed by atoms with Crippen molar-refractivity contribution in [3.8, 4) is 0 Å². The zero-order valence-corrected chi connectivity index (χ0v) is 11.4. The van der Waals surface area contributed by atoms with Gasteiger partial charge in [0.1, 0.15) is 0 Å². The maximum Gasteiger partial charge on any atom is 0.0593 e. The Kier molecular flexibility index (Phi) is 11.2. The molecule has 0 aliphatic carbocycles. The molecule has 1 aliphatic heterocycles. The first-order valence-electron chi connectivity index (χ1n) is 6.08. The number of hydrogen-bond donors (Lipinski definition) is 0. The lowest BCUT2D eigenvalue weighted by atomic mass is 10.4. The SMILES string of the molecule is C1CCOC1.CN(C)CCOCCN(C)C. The Balaban J connectivity index is 0.000000368. The number of nitrogens with zero attached hydrogens (tertiary/aromatic N) is 2. The summed E-state index contributed by atoms with van der Waals surface area (Å²) in [5, 5.41) is 0. The quantitative estimate of drug-likeness (QED) is 0.636. The molecule has 1 rings (SSSR count). The minimum atomic E-state index is 0.834. The second-order valence-corrected chi connectivity index (χ2v) is 4.54. The molecule has 1 saturated heterocycles. The van der Waals surface area contributed by atoms with Crippen molar-refractivity contribution < 1.29 is 9.47 Å². The van der Waals surface area contributed by atoms with E-state index in [4.69, 9.17) is 9.47 Å². The van der Waals surface area contributed by atoms with Gasteiger partial charge in [-0.2, -0.15) is 0 Å². The van der Waals surface area contributed by atoms with Crippen molar-refractivity contribution in [2.45, 2.75) is 12.8 Å². The highest BCUT2D eigenvalue weighted by Gasteiger charge is 1.94. The Morgan fingerprint density at radius 1 is 0.875 bits per heavy atom. The lowest BCUT2D eigenvalue weighted by Gasteiger charge is -2.12. The summed E-state index contributed by atoms with van der Waals surface area (Å²) in [6.45, 7) is 5.68. The minimum Gasteiger partial charge on any atom is -0.381 e. The summed E-state index contributed by atoms with van der Waals surface area (Å²) in [6, 6.07) is 0. The van der Waals surface area contributed by atoms with Gasteiger partial charge in [0.2, 0.25) is 0 Å². The summed E-state index contributed by atoms with van der Waals surface area (Å²) in [4.78, 5) is 4.24. The molecule has 0 aromatic heterocycles. The van der Waals surface area contributed by atoms with Crippen molar-refractivity contribution >= 4 is 0 Å². The van der Waals surface area contributed by atoms with E-state index in [-0.39, 0.29) is 0 Å². The molecule has 0 atom stereocenters. The van der Waals surface area contributed by atoms with Crippen LogP contribution in [0.25, 0.3) is 0 Å². The normalized spacial score (nSPS) is 15.4. The third kappa shape index (κ3) is 13.8. The molecule has 4 nitrogen and oxygen atoms in total. The van der Waals surface area contributed by atoms with Crippen molar-refractivity contribution in [2.75, 3.05) is 67.7 Å². The second kappa shape index (κ2) is 11.3. The molecule has 4 heteroatoms. The van der Waals surface area contributed by atoms with Crippen LogP contribution in [0.4, 0.5) is 0 Å². The van der Waals surface area contributed by atoms with Gasteiger partial charge in [0.25, 0.3) is 0 Å². The molecular weight excluding hydrogens is 204 g/mol. The molecule has 0 aromatic carbocycles. The lowest BCUT2D eigenvalue weighted by molar-refractivity contribution is 0.104. The minimum absolute atomic E-state index is 0.834. The summed E-state index contributed by atoms with van der Waals surface area (Å²) in [5.74, 6) is 0. The summed E-state index contributed by atoms with van der Waals surface area (Å²) in [7, 11) is 8.20. The standard InChI is InChI=1S/C8H20N2O.C4H8O/c1-9(2)5-7-11-8-6-10(3)4;1-2-4-5-3-1/h5-8H2,1-4H3;1-4H2. The van der Waals surface area contributed by atoms with Crippen molar-refractivity contribution in [3.63, 3.8) is 0 Å². The molecule has 16 heavy (non-hydrogen) atoms. The van der Waals surface area contributed by atoms with Crippen LogP contribution in [0, 0.1) is 0 Å². The molecule has 98 valence electrons. The predicted octanol–water partition coefficient (Wildman–Crippen LogP) is 0.923. The lowest BCUT2D eigenvalue weighted by Crippen LogP contribution is -2.22. The van der Waals surface area contributed by atoms with Crippen LogP contribution in [0.2, 0.25) is 0 Å². The highest BCUT2D eigenvalue weighted by Crippen LogP contribution is 1.98. The highest BCUT2D eigenvalue weighted by molar-refractivity contribution is 4.44. The number of ether oxygens (including phenoxy) is 2. The smallest absolute Gasteiger partial charge is 0.0593 e. The molecule has 1 fully saturated rings. The maximum atomic E-state index is 5.37. The van der Waals surface area contributed by atoms with E-state index in [1.807, 2.05) is 0 Å². The van der Waals surface area contributed by atoms with Gasteiger partial charge < -0.3 is 19.3 Å². The van der Waals surface area contributed by atoms with Crippen LogP contribution < -0.4 is 0 Å². The van der Waals surface area contributed by atoms with Gasteiger partial charge in [-0.15, -0.1) is 0 Å². The van der Waals surface area contributed by atoms with E-state index in [0.29, 0.717) is 0 Å². The Hall–Kier alpha value is -0.160. The van der Waals surface area contributed by atoms with Crippen LogP contribution in [-0.4, -0.2) is 77.5 Å². The van der Waals surface area contributed by atoms with Crippen molar-refractivity contribution in [3.05, 3.63) is 0 Å². The Labute approximate surface area is 101 Å². The van der Waals surface area contributed by atoms with Crippen LogP contribution in [0.1, 0.15) is 12.8 Å². The van der Waals surface area contributed by atoms with Crippen molar-refractivity contribution in [1.29, 1.82) is 0 Å².